The second kappa shape index (κ2) is 11.2. The summed E-state index contributed by atoms with van der Waals surface area (Å²) in [4.78, 5) is 23.4. The van der Waals surface area contributed by atoms with Gasteiger partial charge in [0.15, 0.2) is 11.5 Å². The van der Waals surface area contributed by atoms with Gasteiger partial charge in [-0.15, -0.1) is 0 Å². The van der Waals surface area contributed by atoms with Crippen LogP contribution >= 0.6 is 0 Å². The second-order valence-corrected chi connectivity index (χ2v) is 6.69. The third-order valence-electron chi connectivity index (χ3n) is 4.59. The number of ether oxygens (including phenoxy) is 6. The third-order valence-corrected chi connectivity index (χ3v) is 4.59. The molecule has 0 aliphatic heterocycles. The lowest BCUT2D eigenvalue weighted by Gasteiger charge is -2.27. The second-order valence-electron chi connectivity index (χ2n) is 6.69. The van der Waals surface area contributed by atoms with Gasteiger partial charge in [-0.1, -0.05) is 12.1 Å². The summed E-state index contributed by atoms with van der Waals surface area (Å²) in [6.07, 6.45) is -1.08. The van der Waals surface area contributed by atoms with E-state index in [-0.39, 0.29) is 6.42 Å². The van der Waals surface area contributed by atoms with Gasteiger partial charge in [0, 0.05) is 33.4 Å². The van der Waals surface area contributed by atoms with Crippen LogP contribution in [0.3, 0.4) is 0 Å². The first-order valence-electron chi connectivity index (χ1n) is 9.60. The predicted molar refractivity (Wildman–Crippen MR) is 113 cm³/mol. The van der Waals surface area contributed by atoms with Crippen molar-refractivity contribution >= 4 is 11.9 Å². The molecule has 0 aromatic heterocycles. The van der Waals surface area contributed by atoms with E-state index in [9.17, 15) is 9.59 Å². The van der Waals surface area contributed by atoms with Crippen molar-refractivity contribution in [1.29, 1.82) is 0 Å². The lowest BCUT2D eigenvalue weighted by Crippen LogP contribution is -2.28. The molecule has 0 spiro atoms. The van der Waals surface area contributed by atoms with Gasteiger partial charge in [-0.05, 0) is 29.3 Å². The van der Waals surface area contributed by atoms with E-state index in [4.69, 9.17) is 28.4 Å². The van der Waals surface area contributed by atoms with Crippen LogP contribution in [0, 0.1) is 0 Å². The lowest BCUT2D eigenvalue weighted by atomic mass is 9.97. The highest BCUT2D eigenvalue weighted by atomic mass is 16.6. The number of carbonyl (C=O) groups excluding carboxylic acids is 2. The normalized spacial score (nSPS) is 12.5. The fraction of sp³-hybridized carbons (Fsp3) is 0.391. The van der Waals surface area contributed by atoms with Gasteiger partial charge < -0.3 is 28.4 Å². The van der Waals surface area contributed by atoms with Crippen molar-refractivity contribution in [1.82, 2.24) is 0 Å². The number of hydrogen-bond donors (Lipinski definition) is 0. The minimum absolute atomic E-state index is 0.235. The van der Waals surface area contributed by atoms with Gasteiger partial charge in [-0.25, -0.2) is 0 Å². The molecule has 0 aliphatic rings. The summed E-state index contributed by atoms with van der Waals surface area (Å²) in [5.74, 6) is 1.02. The van der Waals surface area contributed by atoms with Crippen LogP contribution in [0.1, 0.15) is 31.1 Å². The number of rotatable bonds is 10. The Balaban J connectivity index is 2.45. The van der Waals surface area contributed by atoms with Crippen LogP contribution in [0.4, 0.5) is 0 Å². The average Bonchev–Trinajstić information content (AvgIpc) is 2.74. The summed E-state index contributed by atoms with van der Waals surface area (Å²) < 4.78 is 32.5. The van der Waals surface area contributed by atoms with Crippen LogP contribution in [0.25, 0.3) is 0 Å². The number of methoxy groups -OCH3 is 4. The smallest absolute Gasteiger partial charge is 0.308 e. The number of benzene rings is 2. The van der Waals surface area contributed by atoms with Crippen molar-refractivity contribution in [2.45, 2.75) is 32.5 Å². The maximum Gasteiger partial charge on any atom is 0.308 e. The van der Waals surface area contributed by atoms with Crippen molar-refractivity contribution in [3.05, 3.63) is 47.5 Å². The summed E-state index contributed by atoms with van der Waals surface area (Å²) in [6, 6.07) is 10.4. The first kappa shape index (κ1) is 24.0. The number of esters is 2. The molecule has 0 saturated heterocycles. The largest absolute Gasteiger partial charge is 0.497 e. The van der Waals surface area contributed by atoms with Gasteiger partial charge in [-0.2, -0.15) is 0 Å². The van der Waals surface area contributed by atoms with E-state index >= 15 is 0 Å². The van der Waals surface area contributed by atoms with Crippen LogP contribution in [-0.2, 0) is 25.5 Å². The Hall–Kier alpha value is -3.26. The van der Waals surface area contributed by atoms with Crippen molar-refractivity contribution in [2.75, 3.05) is 28.4 Å². The highest BCUT2D eigenvalue weighted by Gasteiger charge is 2.29. The standard InChI is InChI=1S/C23H28O8/c1-14(24)30-20-13-18(26-3)9-7-16(20)11-22(31-15(2)25)23(29-6)17-8-10-19(27-4)21(12-17)28-5/h7-10,12-13,22-23H,11H2,1-6H3. The third kappa shape index (κ3) is 6.36. The van der Waals surface area contributed by atoms with Gasteiger partial charge in [0.1, 0.15) is 23.7 Å². The van der Waals surface area contributed by atoms with Crippen molar-refractivity contribution in [3.8, 4) is 23.0 Å². The Morgan fingerprint density at radius 1 is 0.806 bits per heavy atom. The molecule has 8 nitrogen and oxygen atoms in total. The molecule has 0 fully saturated rings. The Morgan fingerprint density at radius 3 is 2.06 bits per heavy atom. The molecule has 2 atom stereocenters. The van der Waals surface area contributed by atoms with Crippen molar-refractivity contribution in [2.24, 2.45) is 0 Å². The Bertz CT molecular complexity index is 908. The first-order chi connectivity index (χ1) is 14.8. The Kier molecular flexibility index (Phi) is 8.69. The van der Waals surface area contributed by atoms with E-state index in [1.54, 1.807) is 37.4 Å². The van der Waals surface area contributed by atoms with Crippen LogP contribution in [-0.4, -0.2) is 46.5 Å². The maximum atomic E-state index is 11.9. The molecule has 0 N–H and O–H groups in total. The Morgan fingerprint density at radius 2 is 1.52 bits per heavy atom. The van der Waals surface area contributed by atoms with E-state index in [1.807, 2.05) is 6.07 Å². The van der Waals surface area contributed by atoms with Crippen LogP contribution in [0.15, 0.2) is 36.4 Å². The minimum atomic E-state index is -0.705. The van der Waals surface area contributed by atoms with Gasteiger partial charge in [-0.3, -0.25) is 9.59 Å². The molecule has 8 heteroatoms. The van der Waals surface area contributed by atoms with E-state index in [0.717, 1.165) is 5.56 Å². The maximum absolute atomic E-state index is 11.9. The highest BCUT2D eigenvalue weighted by Crippen LogP contribution is 2.35. The summed E-state index contributed by atoms with van der Waals surface area (Å²) in [7, 11) is 6.13. The zero-order valence-corrected chi connectivity index (χ0v) is 18.6. The molecule has 2 aromatic carbocycles. The molecule has 2 unspecified atom stereocenters. The van der Waals surface area contributed by atoms with Gasteiger partial charge >= 0.3 is 11.9 Å². The molecule has 0 bridgehead atoms. The molecule has 0 heterocycles. The van der Waals surface area contributed by atoms with Gasteiger partial charge in [0.2, 0.25) is 0 Å². The molecule has 31 heavy (non-hydrogen) atoms. The van der Waals surface area contributed by atoms with E-state index in [2.05, 4.69) is 0 Å². The minimum Gasteiger partial charge on any atom is -0.497 e. The predicted octanol–water partition coefficient (Wildman–Crippen LogP) is 3.50. The van der Waals surface area contributed by atoms with Crippen LogP contribution in [0.2, 0.25) is 0 Å². The lowest BCUT2D eigenvalue weighted by molar-refractivity contribution is -0.154. The topological polar surface area (TPSA) is 89.5 Å². The SMILES string of the molecule is COc1ccc(CC(OC(C)=O)C(OC)c2ccc(OC)c(OC)c2)c(OC(C)=O)c1. The summed E-state index contributed by atoms with van der Waals surface area (Å²) in [5, 5.41) is 0. The zero-order chi connectivity index (χ0) is 23.0. The van der Waals surface area contributed by atoms with E-state index < -0.39 is 24.1 Å². The van der Waals surface area contributed by atoms with Gasteiger partial charge in [0.25, 0.3) is 0 Å². The van der Waals surface area contributed by atoms with Crippen LogP contribution < -0.4 is 18.9 Å². The Labute approximate surface area is 182 Å². The van der Waals surface area contributed by atoms with Crippen molar-refractivity contribution < 1.29 is 38.0 Å². The number of hydrogen-bond acceptors (Lipinski definition) is 8. The summed E-state index contributed by atoms with van der Waals surface area (Å²) >= 11 is 0. The fourth-order valence-corrected chi connectivity index (χ4v) is 3.25. The van der Waals surface area contributed by atoms with E-state index in [1.165, 1.54) is 35.2 Å². The monoisotopic (exact) mass is 432 g/mol. The molecular formula is C23H28O8. The molecule has 0 amide bonds. The molecule has 168 valence electrons. The zero-order valence-electron chi connectivity index (χ0n) is 18.6. The molecule has 0 saturated carbocycles. The van der Waals surface area contributed by atoms with Gasteiger partial charge in [0.05, 0.1) is 21.3 Å². The van der Waals surface area contributed by atoms with E-state index in [0.29, 0.717) is 28.6 Å². The van der Waals surface area contributed by atoms with Crippen molar-refractivity contribution in [3.63, 3.8) is 0 Å². The average molecular weight is 432 g/mol. The first-order valence-corrected chi connectivity index (χ1v) is 9.60. The molecular weight excluding hydrogens is 404 g/mol. The molecule has 2 aromatic rings. The quantitative estimate of drug-likeness (QED) is 0.416. The molecule has 0 aliphatic carbocycles. The highest BCUT2D eigenvalue weighted by molar-refractivity contribution is 5.70. The summed E-state index contributed by atoms with van der Waals surface area (Å²) in [6.45, 7) is 2.64. The summed E-state index contributed by atoms with van der Waals surface area (Å²) in [5.41, 5.74) is 1.39. The van der Waals surface area contributed by atoms with Crippen LogP contribution in [0.5, 0.6) is 23.0 Å². The molecule has 0 radical (unpaired) electrons. The molecule has 2 rings (SSSR count). The fourth-order valence-electron chi connectivity index (χ4n) is 3.25. The number of carbonyl (C=O) groups is 2.